The van der Waals surface area contributed by atoms with Crippen LogP contribution in [-0.4, -0.2) is 47.8 Å². The van der Waals surface area contributed by atoms with E-state index in [2.05, 4.69) is 61.8 Å². The standard InChI is InChI=1S/C18H16Cl2N4.C17H14Cl2N4O.CH3Br.CH2O3.2K.H/c1-11-8-14(16(20)15(19)9-11)17-18(22-12(2)23-24-17)21-10-13-6-4-3-5-7-13;1-10-21-17(20-9-11-5-3-2-4-6-11)16(23-22-10)13-7-12(24)8-14(18)15(13)19;1-2;2-1-4-3;;;/h3-9H,10H2,1-2H3,(H,21,22,23);2-8,24H,9H2,1H3,(H,20,21,22);1H3;1,3H;;;/q;;;;2*+1;-1/p-1. The number of aromatic hydroxyl groups is 1. The molecule has 0 fully saturated rings. The minimum Gasteiger partial charge on any atom is -1.00 e. The fraction of sp³-hybridized carbons (Fsp3) is 0.162. The minimum atomic E-state index is -0.181. The topological polar surface area (TPSA) is 171 Å². The Morgan fingerprint density at radius 3 is 1.50 bits per heavy atom. The summed E-state index contributed by atoms with van der Waals surface area (Å²) in [6, 6.07) is 26.6. The quantitative estimate of drug-likeness (QED) is 0.0638. The molecule has 0 radical (unpaired) electrons. The van der Waals surface area contributed by atoms with E-state index in [-0.39, 0.29) is 126 Å². The summed E-state index contributed by atoms with van der Waals surface area (Å²) in [6.07, 6.45) is 0. The Bertz CT molecular complexity index is 1990. The minimum absolute atomic E-state index is 0. The summed E-state index contributed by atoms with van der Waals surface area (Å²) in [5, 5.41) is 42.8. The van der Waals surface area contributed by atoms with Crippen LogP contribution in [0.3, 0.4) is 0 Å². The fourth-order valence-electron chi connectivity index (χ4n) is 4.63. The van der Waals surface area contributed by atoms with Gasteiger partial charge in [-0.2, -0.15) is 0 Å². The van der Waals surface area contributed by atoms with Gasteiger partial charge in [-0.05, 0) is 61.5 Å². The van der Waals surface area contributed by atoms with Crippen LogP contribution in [-0.2, 0) is 22.8 Å². The SMILES string of the molecule is CBr.Cc1cc(Cl)c(Cl)c(-c2nnc(C)nc2NCc2ccccc2)c1.Cc1nnc(-c2cc(O)cc(Cl)c2Cl)c(NCc2ccccc2)n1.O=CO[O-].[H-].[K+].[K+]. The number of nitrogens with one attached hydrogen (secondary N) is 2. The third kappa shape index (κ3) is 16.7. The second kappa shape index (κ2) is 28.2. The number of benzene rings is 4. The van der Waals surface area contributed by atoms with Crippen LogP contribution in [0.5, 0.6) is 5.75 Å². The molecule has 0 amide bonds. The molecule has 0 aliphatic carbocycles. The first-order chi connectivity index (χ1) is 26.0. The number of aromatic nitrogens is 6. The molecule has 12 nitrogen and oxygen atoms in total. The van der Waals surface area contributed by atoms with Crippen molar-refractivity contribution in [3.63, 3.8) is 0 Å². The van der Waals surface area contributed by atoms with Gasteiger partial charge in [0.2, 0.25) is 0 Å². The van der Waals surface area contributed by atoms with Gasteiger partial charge >= 0.3 is 103 Å². The van der Waals surface area contributed by atoms with Gasteiger partial charge in [0, 0.05) is 30.3 Å². The van der Waals surface area contributed by atoms with Crippen LogP contribution in [0.25, 0.3) is 22.5 Å². The van der Waals surface area contributed by atoms with Crippen molar-refractivity contribution < 1.29 is 124 Å². The van der Waals surface area contributed by atoms with Crippen LogP contribution in [0.1, 0.15) is 29.8 Å². The summed E-state index contributed by atoms with van der Waals surface area (Å²) in [7, 11) is 0. The van der Waals surface area contributed by atoms with Gasteiger partial charge in [-0.1, -0.05) is 123 Å². The molecule has 4 aromatic carbocycles. The van der Waals surface area contributed by atoms with Crippen molar-refractivity contribution in [2.75, 3.05) is 16.5 Å². The molecule has 0 aliphatic heterocycles. The van der Waals surface area contributed by atoms with Gasteiger partial charge in [-0.25, -0.2) is 9.97 Å². The number of halogens is 5. The first-order valence-electron chi connectivity index (χ1n) is 15.7. The van der Waals surface area contributed by atoms with Gasteiger partial charge in [0.25, 0.3) is 6.47 Å². The molecule has 0 unspecified atom stereocenters. The number of phenols is 1. The predicted molar refractivity (Wildman–Crippen MR) is 217 cm³/mol. The molecule has 0 atom stereocenters. The maximum Gasteiger partial charge on any atom is 1.00 e. The number of hydrogen-bond acceptors (Lipinski definition) is 12. The number of phenolic OH excluding ortho intramolecular Hbond substituents is 1. The monoisotopic (exact) mass is 952 g/mol. The van der Waals surface area contributed by atoms with Crippen LogP contribution in [0.15, 0.2) is 84.9 Å². The zero-order valence-electron chi connectivity index (χ0n) is 32.3. The maximum atomic E-state index is 9.80. The maximum absolute atomic E-state index is 9.80. The summed E-state index contributed by atoms with van der Waals surface area (Å²) >= 11 is 27.8. The molecule has 2 heterocycles. The van der Waals surface area contributed by atoms with Crippen LogP contribution in [0.2, 0.25) is 20.1 Å². The Morgan fingerprint density at radius 2 is 1.09 bits per heavy atom. The summed E-state index contributed by atoms with van der Waals surface area (Å²) < 4.78 is 0. The van der Waals surface area contributed by atoms with Crippen molar-refractivity contribution in [3.05, 3.63) is 133 Å². The number of anilines is 2. The molecule has 56 heavy (non-hydrogen) atoms. The number of alkyl halides is 1. The van der Waals surface area contributed by atoms with Gasteiger partial charge in [0.15, 0.2) is 11.6 Å². The van der Waals surface area contributed by atoms with Crippen molar-refractivity contribution in [2.45, 2.75) is 33.9 Å². The summed E-state index contributed by atoms with van der Waals surface area (Å²) in [5.74, 6) is 4.08. The average molecular weight is 956 g/mol. The van der Waals surface area contributed by atoms with Gasteiger partial charge < -0.3 is 27.3 Å². The van der Waals surface area contributed by atoms with E-state index in [4.69, 9.17) is 56.5 Å². The van der Waals surface area contributed by atoms with E-state index >= 15 is 0 Å². The molecule has 284 valence electrons. The normalized spacial score (nSPS) is 9.61. The van der Waals surface area contributed by atoms with Crippen LogP contribution in [0.4, 0.5) is 11.6 Å². The van der Waals surface area contributed by atoms with E-state index in [0.29, 0.717) is 63.4 Å². The summed E-state index contributed by atoms with van der Waals surface area (Å²) in [5.41, 5.74) is 5.45. The number of hydrogen-bond donors (Lipinski definition) is 3. The number of carbonyl (C=O) groups excluding carboxylic acids is 1. The Morgan fingerprint density at radius 1 is 0.696 bits per heavy atom. The average Bonchev–Trinajstić information content (AvgIpc) is 3.18. The van der Waals surface area contributed by atoms with E-state index in [1.54, 1.807) is 13.8 Å². The molecule has 2 aromatic heterocycles. The van der Waals surface area contributed by atoms with Gasteiger partial charge in [0.1, 0.15) is 28.8 Å². The number of rotatable bonds is 9. The van der Waals surface area contributed by atoms with Crippen molar-refractivity contribution in [1.82, 2.24) is 30.4 Å². The molecule has 0 saturated heterocycles. The smallest absolute Gasteiger partial charge is 1.00 e. The Kier molecular flexibility index (Phi) is 26.5. The number of nitrogens with zero attached hydrogens (tertiary/aromatic N) is 6. The third-order valence-corrected chi connectivity index (χ3v) is 8.53. The first-order valence-corrected chi connectivity index (χ1v) is 18.8. The number of aryl methyl sites for hydroxylation is 3. The molecular weight excluding hydrogens is 920 g/mol. The molecule has 3 N–H and O–H groups in total. The number of carbonyl (C=O) groups is 1. The fourth-order valence-corrected chi connectivity index (χ4v) is 5.52. The van der Waals surface area contributed by atoms with Crippen LogP contribution < -0.4 is 119 Å². The Hall–Kier alpha value is -1.36. The molecule has 6 aromatic rings. The van der Waals surface area contributed by atoms with Gasteiger partial charge in [-0.15, -0.1) is 20.4 Å². The molecule has 0 spiro atoms. The van der Waals surface area contributed by atoms with Gasteiger partial charge in [0.05, 0.1) is 20.1 Å². The second-order valence-corrected chi connectivity index (χ2v) is 12.5. The van der Waals surface area contributed by atoms with Crippen molar-refractivity contribution in [3.8, 4) is 28.3 Å². The van der Waals surface area contributed by atoms with Gasteiger partial charge in [-0.3, -0.25) is 4.79 Å². The molecule has 19 heteroatoms. The van der Waals surface area contributed by atoms with Crippen molar-refractivity contribution in [2.24, 2.45) is 0 Å². The molecule has 6 rings (SSSR count). The van der Waals surface area contributed by atoms with E-state index in [9.17, 15) is 5.11 Å². The van der Waals surface area contributed by atoms with Crippen molar-refractivity contribution in [1.29, 1.82) is 0 Å². The molecule has 0 aliphatic rings. The second-order valence-electron chi connectivity index (χ2n) is 10.9. The summed E-state index contributed by atoms with van der Waals surface area (Å²) in [6.45, 7) is 6.52. The molecular formula is C37H35BrCl4K2N8O4. The summed E-state index contributed by atoms with van der Waals surface area (Å²) in [4.78, 5) is 20.1. The van der Waals surface area contributed by atoms with E-state index in [1.165, 1.54) is 12.1 Å². The first kappa shape index (κ1) is 52.7. The largest absolute Gasteiger partial charge is 1.00 e. The predicted octanol–water partition coefficient (Wildman–Crippen LogP) is 3.11. The zero-order chi connectivity index (χ0) is 39.6. The Labute approximate surface area is 440 Å². The van der Waals surface area contributed by atoms with Crippen LogP contribution >= 0.6 is 62.3 Å². The molecule has 0 saturated carbocycles. The van der Waals surface area contributed by atoms with E-state index in [1.807, 2.05) is 85.6 Å². The molecule has 0 bridgehead atoms. The zero-order valence-corrected chi connectivity index (χ0v) is 42.2. The Balaban J connectivity index is 0.000000924. The third-order valence-electron chi connectivity index (χ3n) is 6.93. The van der Waals surface area contributed by atoms with E-state index in [0.717, 1.165) is 22.3 Å². The van der Waals surface area contributed by atoms with E-state index < -0.39 is 0 Å². The van der Waals surface area contributed by atoms with Crippen molar-refractivity contribution >= 4 is 80.4 Å². The van der Waals surface area contributed by atoms with Crippen LogP contribution in [0, 0.1) is 20.8 Å².